The van der Waals surface area contributed by atoms with Gasteiger partial charge in [-0.25, -0.2) is 0 Å². The Labute approximate surface area is 329 Å². The number of para-hydroxylation sites is 5. The molecule has 0 fully saturated rings. The molecule has 12 aromatic rings. The van der Waals surface area contributed by atoms with Gasteiger partial charge in [-0.15, -0.1) is 0 Å². The monoisotopic (exact) mass is 725 g/mol. The highest BCUT2D eigenvalue weighted by molar-refractivity contribution is 6.12. The van der Waals surface area contributed by atoms with Crippen molar-refractivity contribution in [2.24, 2.45) is 0 Å². The number of aromatic nitrogens is 3. The van der Waals surface area contributed by atoms with Crippen molar-refractivity contribution in [3.8, 4) is 39.3 Å². The van der Waals surface area contributed by atoms with Crippen molar-refractivity contribution in [1.29, 1.82) is 0 Å². The van der Waals surface area contributed by atoms with E-state index in [0.29, 0.717) is 0 Å². The summed E-state index contributed by atoms with van der Waals surface area (Å²) in [7, 11) is 0. The lowest BCUT2D eigenvalue weighted by atomic mass is 10.00. The van der Waals surface area contributed by atoms with Crippen LogP contribution in [0.3, 0.4) is 0 Å². The number of rotatable bonds is 5. The fraction of sp³-hybridized carbons (Fsp3) is 0. The highest BCUT2D eigenvalue weighted by Crippen LogP contribution is 2.39. The van der Waals surface area contributed by atoms with Crippen molar-refractivity contribution >= 4 is 65.4 Å². The van der Waals surface area contributed by atoms with Crippen molar-refractivity contribution in [2.45, 2.75) is 0 Å². The smallest absolute Gasteiger partial charge is 0.0541 e. The van der Waals surface area contributed by atoms with E-state index in [1.165, 1.54) is 87.7 Å². The molecule has 0 aliphatic rings. The molecule has 3 heterocycles. The van der Waals surface area contributed by atoms with Crippen LogP contribution in [0.15, 0.2) is 212 Å². The molecule has 0 atom stereocenters. The minimum absolute atomic E-state index is 1.16. The molecule has 266 valence electrons. The van der Waals surface area contributed by atoms with E-state index >= 15 is 0 Å². The Hall–Kier alpha value is -7.62. The van der Waals surface area contributed by atoms with E-state index in [-0.39, 0.29) is 0 Å². The molecular formula is C54H35N3. The Balaban J connectivity index is 0.971. The maximum absolute atomic E-state index is 2.40. The number of nitrogens with zero attached hydrogens (tertiary/aromatic N) is 3. The minimum Gasteiger partial charge on any atom is -0.309 e. The average molecular weight is 726 g/mol. The molecule has 12 rings (SSSR count). The van der Waals surface area contributed by atoms with Crippen LogP contribution in [-0.2, 0) is 0 Å². The van der Waals surface area contributed by atoms with Crippen LogP contribution >= 0.6 is 0 Å². The van der Waals surface area contributed by atoms with Gasteiger partial charge in [-0.2, -0.15) is 0 Å². The van der Waals surface area contributed by atoms with Gasteiger partial charge in [0.1, 0.15) is 0 Å². The second-order valence-corrected chi connectivity index (χ2v) is 15.0. The van der Waals surface area contributed by atoms with Crippen LogP contribution in [0.4, 0.5) is 0 Å². The summed E-state index contributed by atoms with van der Waals surface area (Å²) in [5.41, 5.74) is 15.5. The third-order valence-corrected chi connectivity index (χ3v) is 11.9. The third-order valence-electron chi connectivity index (χ3n) is 11.9. The lowest BCUT2D eigenvalue weighted by Crippen LogP contribution is -1.94. The van der Waals surface area contributed by atoms with Crippen LogP contribution in [-0.4, -0.2) is 13.7 Å². The highest BCUT2D eigenvalue weighted by atomic mass is 15.0. The van der Waals surface area contributed by atoms with E-state index in [1.54, 1.807) is 0 Å². The molecule has 0 spiro atoms. The molecule has 0 aliphatic heterocycles. The van der Waals surface area contributed by atoms with Gasteiger partial charge < -0.3 is 13.7 Å². The Kier molecular flexibility index (Phi) is 6.93. The summed E-state index contributed by atoms with van der Waals surface area (Å²) in [5.74, 6) is 0. The lowest BCUT2D eigenvalue weighted by molar-refractivity contribution is 1.18. The SMILES string of the molecule is c1ccc(-n2c3ccc(-c4ccc(-n5c6ccccc6c6ccccc65)cc4)cc3c3cc(-c4ccc(-n5c6ccccc6c6ccccc65)cc4)ccc32)cc1. The van der Waals surface area contributed by atoms with Gasteiger partial charge in [-0.3, -0.25) is 0 Å². The van der Waals surface area contributed by atoms with Gasteiger partial charge in [0.05, 0.1) is 33.1 Å². The first-order chi connectivity index (χ1) is 28.3. The van der Waals surface area contributed by atoms with Crippen molar-refractivity contribution < 1.29 is 0 Å². The van der Waals surface area contributed by atoms with Gasteiger partial charge in [0.15, 0.2) is 0 Å². The van der Waals surface area contributed by atoms with Crippen LogP contribution in [0.1, 0.15) is 0 Å². The van der Waals surface area contributed by atoms with Gasteiger partial charge in [0, 0.05) is 49.4 Å². The normalized spacial score (nSPS) is 11.9. The zero-order valence-electron chi connectivity index (χ0n) is 31.0. The highest BCUT2D eigenvalue weighted by Gasteiger charge is 2.17. The fourth-order valence-corrected chi connectivity index (χ4v) is 9.24. The van der Waals surface area contributed by atoms with E-state index in [1.807, 2.05) is 0 Å². The van der Waals surface area contributed by atoms with Crippen molar-refractivity contribution in [1.82, 2.24) is 13.7 Å². The van der Waals surface area contributed by atoms with E-state index in [9.17, 15) is 0 Å². The summed E-state index contributed by atoms with van der Waals surface area (Å²) in [4.78, 5) is 0. The summed E-state index contributed by atoms with van der Waals surface area (Å²) in [6.45, 7) is 0. The molecule has 0 unspecified atom stereocenters. The van der Waals surface area contributed by atoms with Gasteiger partial charge in [0.25, 0.3) is 0 Å². The van der Waals surface area contributed by atoms with Gasteiger partial charge in [-0.1, -0.05) is 127 Å². The molecule has 0 saturated carbocycles. The quantitative estimate of drug-likeness (QED) is 0.168. The number of hydrogen-bond acceptors (Lipinski definition) is 0. The first kappa shape index (κ1) is 31.7. The second-order valence-electron chi connectivity index (χ2n) is 15.0. The summed E-state index contributed by atoms with van der Waals surface area (Å²) in [5, 5.41) is 7.57. The number of fused-ring (bicyclic) bond motifs is 9. The van der Waals surface area contributed by atoms with Crippen LogP contribution in [0, 0.1) is 0 Å². The Bertz CT molecular complexity index is 3170. The van der Waals surface area contributed by atoms with E-state index in [0.717, 1.165) is 17.1 Å². The predicted octanol–water partition coefficient (Wildman–Crippen LogP) is 14.3. The van der Waals surface area contributed by atoms with Crippen molar-refractivity contribution in [2.75, 3.05) is 0 Å². The number of benzene rings is 9. The predicted molar refractivity (Wildman–Crippen MR) is 240 cm³/mol. The van der Waals surface area contributed by atoms with Crippen LogP contribution < -0.4 is 0 Å². The van der Waals surface area contributed by atoms with E-state index < -0.39 is 0 Å². The maximum atomic E-state index is 2.40. The summed E-state index contributed by atoms with van der Waals surface area (Å²) >= 11 is 0. The molecule has 0 N–H and O–H groups in total. The maximum Gasteiger partial charge on any atom is 0.0541 e. The summed E-state index contributed by atoms with van der Waals surface area (Å²) < 4.78 is 7.15. The van der Waals surface area contributed by atoms with Crippen LogP contribution in [0.2, 0.25) is 0 Å². The topological polar surface area (TPSA) is 14.8 Å². The molecule has 3 nitrogen and oxygen atoms in total. The summed E-state index contributed by atoms with van der Waals surface area (Å²) in [6.07, 6.45) is 0. The number of hydrogen-bond donors (Lipinski definition) is 0. The van der Waals surface area contributed by atoms with Gasteiger partial charge in [0.2, 0.25) is 0 Å². The molecule has 0 saturated heterocycles. The lowest BCUT2D eigenvalue weighted by Gasteiger charge is -2.10. The standard InChI is InChI=1S/C54H35N3/c1-2-12-40(13-3-1)55-53-32-26-38(36-22-28-41(29-23-36)56-49-18-8-4-14-43(49)44-15-5-9-19-50(44)56)34-47(53)48-35-39(27-33-54(48)55)37-24-30-42(31-25-37)57-51-20-10-6-16-45(51)46-17-7-11-21-52(46)57/h1-35H. The second kappa shape index (κ2) is 12.5. The first-order valence-corrected chi connectivity index (χ1v) is 19.6. The molecule has 57 heavy (non-hydrogen) atoms. The molecule has 3 aromatic heterocycles. The molecule has 0 radical (unpaired) electrons. The van der Waals surface area contributed by atoms with Crippen molar-refractivity contribution in [3.05, 3.63) is 212 Å². The molecule has 3 heteroatoms. The molecular weight excluding hydrogens is 691 g/mol. The minimum atomic E-state index is 1.16. The van der Waals surface area contributed by atoms with Gasteiger partial charge in [-0.05, 0) is 107 Å². The Morgan fingerprint density at radius 1 is 0.193 bits per heavy atom. The largest absolute Gasteiger partial charge is 0.309 e. The summed E-state index contributed by atoms with van der Waals surface area (Å²) in [6, 6.07) is 77.4. The Morgan fingerprint density at radius 2 is 0.474 bits per heavy atom. The Morgan fingerprint density at radius 3 is 0.842 bits per heavy atom. The molecule has 0 amide bonds. The molecule has 9 aromatic carbocycles. The first-order valence-electron chi connectivity index (χ1n) is 19.6. The zero-order valence-corrected chi connectivity index (χ0v) is 31.0. The molecule has 0 bridgehead atoms. The van der Waals surface area contributed by atoms with Gasteiger partial charge >= 0.3 is 0 Å². The zero-order chi connectivity index (χ0) is 37.5. The van der Waals surface area contributed by atoms with E-state index in [2.05, 4.69) is 226 Å². The average Bonchev–Trinajstić information content (AvgIpc) is 3.92. The third kappa shape index (κ3) is 4.86. The van der Waals surface area contributed by atoms with Crippen LogP contribution in [0.5, 0.6) is 0 Å². The van der Waals surface area contributed by atoms with E-state index in [4.69, 9.17) is 0 Å². The molecule has 0 aliphatic carbocycles. The fourth-order valence-electron chi connectivity index (χ4n) is 9.24. The van der Waals surface area contributed by atoms with Crippen LogP contribution in [0.25, 0.3) is 105 Å². The van der Waals surface area contributed by atoms with Crippen molar-refractivity contribution in [3.63, 3.8) is 0 Å².